The summed E-state index contributed by atoms with van der Waals surface area (Å²) in [5.74, 6) is 1.11. The fourth-order valence-corrected chi connectivity index (χ4v) is 5.27. The summed E-state index contributed by atoms with van der Waals surface area (Å²) in [6.45, 7) is 9.19. The normalized spacial score (nSPS) is 25.4. The third-order valence-corrected chi connectivity index (χ3v) is 6.67. The van der Waals surface area contributed by atoms with Crippen LogP contribution >= 0.6 is 11.3 Å². The second-order valence-corrected chi connectivity index (χ2v) is 8.42. The molecule has 2 aromatic heterocycles. The lowest BCUT2D eigenvalue weighted by atomic mass is 10.0. The highest BCUT2D eigenvalue weighted by Crippen LogP contribution is 2.32. The van der Waals surface area contributed by atoms with Crippen LogP contribution in [0.3, 0.4) is 0 Å². The van der Waals surface area contributed by atoms with E-state index in [0.29, 0.717) is 18.2 Å². The monoisotopic (exact) mass is 375 g/mol. The van der Waals surface area contributed by atoms with Crippen molar-refractivity contribution in [3.63, 3.8) is 0 Å². The molecule has 0 aromatic carbocycles. The molecule has 0 unspecified atom stereocenters. The highest BCUT2D eigenvalue weighted by atomic mass is 32.1. The van der Waals surface area contributed by atoms with E-state index in [2.05, 4.69) is 51.4 Å². The number of aryl methyl sites for hydroxylation is 1. The van der Waals surface area contributed by atoms with Crippen LogP contribution in [-0.4, -0.2) is 72.9 Å². The molecule has 2 saturated heterocycles. The first-order valence-corrected chi connectivity index (χ1v) is 10.5. The number of anilines is 1. The largest absolute Gasteiger partial charge is 0.375 e. The quantitative estimate of drug-likeness (QED) is 0.865. The Balaban J connectivity index is 1.38. The summed E-state index contributed by atoms with van der Waals surface area (Å²) >= 11 is 1.76. The maximum Gasteiger partial charge on any atom is 0.150 e. The van der Waals surface area contributed by atoms with Crippen LogP contribution in [0.1, 0.15) is 25.3 Å². The zero-order valence-electron chi connectivity index (χ0n) is 15.9. The fourth-order valence-electron chi connectivity index (χ4n) is 4.25. The maximum atomic E-state index is 5.94. The topological polar surface area (TPSA) is 53.5 Å². The Kier molecular flexibility index (Phi) is 5.40. The number of rotatable bonds is 5. The van der Waals surface area contributed by atoms with Crippen molar-refractivity contribution in [2.75, 3.05) is 44.7 Å². The molecule has 2 atom stereocenters. The summed E-state index contributed by atoms with van der Waals surface area (Å²) < 4.78 is 7.17. The van der Waals surface area contributed by atoms with E-state index < -0.39 is 0 Å². The minimum absolute atomic E-state index is 0.318. The van der Waals surface area contributed by atoms with Crippen molar-refractivity contribution in [1.82, 2.24) is 20.2 Å². The lowest BCUT2D eigenvalue weighted by Crippen LogP contribution is -2.50. The van der Waals surface area contributed by atoms with Crippen LogP contribution in [0.4, 0.5) is 5.82 Å². The van der Waals surface area contributed by atoms with Crippen molar-refractivity contribution in [3.05, 3.63) is 17.3 Å². The Morgan fingerprint density at radius 2 is 2.08 bits per heavy atom. The SMILES string of the molecule is CCO[C@H]1CN(C)C[C@@H]1NC1CCN(c2ncnc3c(C)csc23)CC1. The van der Waals surface area contributed by atoms with E-state index >= 15 is 0 Å². The molecule has 2 aliphatic heterocycles. The van der Waals surface area contributed by atoms with Crippen LogP contribution in [-0.2, 0) is 4.74 Å². The van der Waals surface area contributed by atoms with Crippen molar-refractivity contribution in [1.29, 1.82) is 0 Å². The van der Waals surface area contributed by atoms with E-state index in [1.165, 1.54) is 10.3 Å². The number of piperidine rings is 1. The Morgan fingerprint density at radius 1 is 1.27 bits per heavy atom. The molecular formula is C19H29N5OS. The van der Waals surface area contributed by atoms with Crippen molar-refractivity contribution >= 4 is 27.4 Å². The number of hydrogen-bond donors (Lipinski definition) is 1. The van der Waals surface area contributed by atoms with Gasteiger partial charge in [-0.25, -0.2) is 9.97 Å². The third kappa shape index (κ3) is 3.58. The lowest BCUT2D eigenvalue weighted by Gasteiger charge is -2.35. The minimum atomic E-state index is 0.318. The molecule has 4 rings (SSSR count). The van der Waals surface area contributed by atoms with Crippen molar-refractivity contribution < 1.29 is 4.74 Å². The van der Waals surface area contributed by atoms with Crippen molar-refractivity contribution in [2.45, 2.75) is 44.9 Å². The van der Waals surface area contributed by atoms with Gasteiger partial charge in [-0.05, 0) is 44.7 Å². The van der Waals surface area contributed by atoms with E-state index in [4.69, 9.17) is 4.74 Å². The Hall–Kier alpha value is -1.28. The number of aromatic nitrogens is 2. The second-order valence-electron chi connectivity index (χ2n) is 7.54. The highest BCUT2D eigenvalue weighted by Gasteiger charge is 2.33. The molecule has 0 radical (unpaired) electrons. The summed E-state index contributed by atoms with van der Waals surface area (Å²) in [5, 5.41) is 6.06. The first kappa shape index (κ1) is 18.1. The van der Waals surface area contributed by atoms with Gasteiger partial charge in [-0.15, -0.1) is 11.3 Å². The number of ether oxygens (including phenoxy) is 1. The van der Waals surface area contributed by atoms with Crippen LogP contribution in [0.25, 0.3) is 10.2 Å². The van der Waals surface area contributed by atoms with Crippen molar-refractivity contribution in [2.24, 2.45) is 0 Å². The van der Waals surface area contributed by atoms with E-state index in [1.807, 2.05) is 0 Å². The molecule has 2 fully saturated rings. The number of likely N-dealkylation sites (N-methyl/N-ethyl adjacent to an activating group) is 1. The third-order valence-electron chi connectivity index (χ3n) is 5.59. The Bertz CT molecular complexity index is 743. The summed E-state index contributed by atoms with van der Waals surface area (Å²) in [6, 6.07) is 1.01. The van der Waals surface area contributed by atoms with Gasteiger partial charge in [0, 0.05) is 44.9 Å². The number of nitrogens with zero attached hydrogens (tertiary/aromatic N) is 4. The first-order chi connectivity index (χ1) is 12.7. The fraction of sp³-hybridized carbons (Fsp3) is 0.684. The van der Waals surface area contributed by atoms with Gasteiger partial charge in [0.15, 0.2) is 0 Å². The predicted molar refractivity (Wildman–Crippen MR) is 107 cm³/mol. The zero-order chi connectivity index (χ0) is 18.1. The van der Waals surface area contributed by atoms with Crippen LogP contribution in [0.2, 0.25) is 0 Å². The van der Waals surface area contributed by atoms with Gasteiger partial charge in [0.1, 0.15) is 12.1 Å². The molecule has 2 aromatic rings. The van der Waals surface area contributed by atoms with Crippen LogP contribution in [0.15, 0.2) is 11.7 Å². The molecule has 6 nitrogen and oxygen atoms in total. The average Bonchev–Trinajstić information content (AvgIpc) is 3.19. The number of likely N-dealkylation sites (tertiary alicyclic amines) is 1. The van der Waals surface area contributed by atoms with Gasteiger partial charge in [0.25, 0.3) is 0 Å². The van der Waals surface area contributed by atoms with Crippen LogP contribution in [0, 0.1) is 6.92 Å². The molecule has 7 heteroatoms. The average molecular weight is 376 g/mol. The Morgan fingerprint density at radius 3 is 2.85 bits per heavy atom. The molecule has 4 heterocycles. The second kappa shape index (κ2) is 7.76. The van der Waals surface area contributed by atoms with Gasteiger partial charge < -0.3 is 19.9 Å². The summed E-state index contributed by atoms with van der Waals surface area (Å²) in [5.41, 5.74) is 2.35. The molecule has 0 bridgehead atoms. The standard InChI is InChI=1S/C19H29N5OS/c1-4-25-16-10-23(3)9-15(16)22-14-5-7-24(8-6-14)19-18-17(20-12-21-19)13(2)11-26-18/h11-12,14-16,22H,4-10H2,1-3H3/t15-,16-/m0/s1. The highest BCUT2D eigenvalue weighted by molar-refractivity contribution is 7.18. The van der Waals surface area contributed by atoms with Gasteiger partial charge in [-0.1, -0.05) is 0 Å². The number of thiophene rings is 1. The molecule has 2 aliphatic rings. The number of hydrogen-bond acceptors (Lipinski definition) is 7. The summed E-state index contributed by atoms with van der Waals surface area (Å²) in [7, 11) is 2.18. The van der Waals surface area contributed by atoms with E-state index in [-0.39, 0.29) is 0 Å². The van der Waals surface area contributed by atoms with Gasteiger partial charge in [-0.2, -0.15) is 0 Å². The molecule has 142 valence electrons. The lowest BCUT2D eigenvalue weighted by molar-refractivity contribution is 0.0511. The summed E-state index contributed by atoms with van der Waals surface area (Å²) in [4.78, 5) is 13.8. The van der Waals surface area contributed by atoms with Crippen molar-refractivity contribution in [3.8, 4) is 0 Å². The van der Waals surface area contributed by atoms with Gasteiger partial charge in [0.05, 0.1) is 16.3 Å². The first-order valence-electron chi connectivity index (χ1n) is 9.65. The molecule has 1 N–H and O–H groups in total. The van der Waals surface area contributed by atoms with E-state index in [0.717, 1.165) is 57.0 Å². The summed E-state index contributed by atoms with van der Waals surface area (Å²) in [6.07, 6.45) is 4.32. The molecular weight excluding hydrogens is 346 g/mol. The molecule has 0 saturated carbocycles. The molecule has 0 spiro atoms. The number of nitrogens with one attached hydrogen (secondary N) is 1. The molecule has 0 aliphatic carbocycles. The zero-order valence-corrected chi connectivity index (χ0v) is 16.8. The Labute approximate surface area is 159 Å². The van der Waals surface area contributed by atoms with E-state index in [1.54, 1.807) is 17.7 Å². The molecule has 26 heavy (non-hydrogen) atoms. The smallest absolute Gasteiger partial charge is 0.150 e. The molecule has 0 amide bonds. The van der Waals surface area contributed by atoms with Gasteiger partial charge >= 0.3 is 0 Å². The van der Waals surface area contributed by atoms with E-state index in [9.17, 15) is 0 Å². The van der Waals surface area contributed by atoms with Crippen LogP contribution in [0.5, 0.6) is 0 Å². The predicted octanol–water partition coefficient (Wildman–Crippen LogP) is 2.28. The van der Waals surface area contributed by atoms with Gasteiger partial charge in [-0.3, -0.25) is 0 Å². The van der Waals surface area contributed by atoms with Gasteiger partial charge in [0.2, 0.25) is 0 Å². The number of fused-ring (bicyclic) bond motifs is 1. The minimum Gasteiger partial charge on any atom is -0.375 e. The van der Waals surface area contributed by atoms with Crippen LogP contribution < -0.4 is 10.2 Å². The maximum absolute atomic E-state index is 5.94.